The van der Waals surface area contributed by atoms with Crippen LogP contribution in [-0.4, -0.2) is 26.4 Å². The van der Waals surface area contributed by atoms with Gasteiger partial charge in [-0.1, -0.05) is 50.2 Å². The van der Waals surface area contributed by atoms with Crippen molar-refractivity contribution in [2.75, 3.05) is 12.5 Å². The predicted molar refractivity (Wildman–Crippen MR) is 132 cm³/mol. The van der Waals surface area contributed by atoms with Crippen LogP contribution in [0.3, 0.4) is 0 Å². The third-order valence-electron chi connectivity index (χ3n) is 5.16. The van der Waals surface area contributed by atoms with E-state index in [0.717, 1.165) is 11.1 Å². The summed E-state index contributed by atoms with van der Waals surface area (Å²) in [7, 11) is 1.42. The van der Waals surface area contributed by atoms with E-state index in [9.17, 15) is 10.5 Å². The number of hydrogen-bond donors (Lipinski definition) is 3. The number of halogens is 1. The van der Waals surface area contributed by atoms with Crippen molar-refractivity contribution in [3.63, 3.8) is 0 Å². The fraction of sp³-hybridized carbons (Fsp3) is 0.208. The zero-order valence-corrected chi connectivity index (χ0v) is 20.2. The van der Waals surface area contributed by atoms with Gasteiger partial charge in [0.2, 0.25) is 0 Å². The number of aromatic nitrogens is 2. The number of thiol groups is 1. The largest absolute Gasteiger partial charge is 0.487 e. The van der Waals surface area contributed by atoms with Crippen molar-refractivity contribution in [3.8, 4) is 11.8 Å². The average Bonchev–Trinajstić information content (AvgIpc) is 2.76. The second-order valence-electron chi connectivity index (χ2n) is 8.07. The van der Waals surface area contributed by atoms with Gasteiger partial charge in [0.25, 0.3) is 5.95 Å². The van der Waals surface area contributed by atoms with Gasteiger partial charge in [0.15, 0.2) is 0 Å². The van der Waals surface area contributed by atoms with Gasteiger partial charge in [0.05, 0.1) is 17.3 Å². The number of quaternary nitrogens is 1. The number of hydroxylamine groups is 1. The summed E-state index contributed by atoms with van der Waals surface area (Å²) in [5, 5.41) is 19.7. The standard InChI is InChI=1S/C24H25ClN5O2S/c1-5-21-16(14-26)12-18(13-22(21)25)24(2,3)17-6-8-20(9-7-17)32-15-19-10-11-27-23(28-19)29-30(4,31)33/h5-13,31,33H,1,15H2,2-4H3,(H,27,28,29)/q+1. The summed E-state index contributed by atoms with van der Waals surface area (Å²) in [4.78, 5) is 8.33. The Kier molecular flexibility index (Phi) is 7.30. The highest BCUT2D eigenvalue weighted by Crippen LogP contribution is 2.36. The number of nitriles is 1. The molecule has 33 heavy (non-hydrogen) atoms. The lowest BCUT2D eigenvalue weighted by molar-refractivity contribution is -0.955. The van der Waals surface area contributed by atoms with Crippen LogP contribution < -0.4 is 10.2 Å². The van der Waals surface area contributed by atoms with Gasteiger partial charge in [0, 0.05) is 22.2 Å². The highest BCUT2D eigenvalue weighted by Gasteiger charge is 2.25. The van der Waals surface area contributed by atoms with Crippen molar-refractivity contribution in [2.24, 2.45) is 0 Å². The highest BCUT2D eigenvalue weighted by atomic mass is 35.5. The molecule has 0 aliphatic heterocycles. The van der Waals surface area contributed by atoms with Gasteiger partial charge >= 0.3 is 0 Å². The number of ether oxygens (including phenoxy) is 1. The lowest BCUT2D eigenvalue weighted by atomic mass is 9.77. The quantitative estimate of drug-likeness (QED) is 0.221. The molecule has 3 rings (SSSR count). The fourth-order valence-corrected chi connectivity index (χ4v) is 3.68. The summed E-state index contributed by atoms with van der Waals surface area (Å²) in [6, 6.07) is 15.4. The van der Waals surface area contributed by atoms with Crippen LogP contribution >= 0.6 is 24.4 Å². The Morgan fingerprint density at radius 2 is 1.97 bits per heavy atom. The first-order valence-corrected chi connectivity index (χ1v) is 10.8. The zero-order chi connectivity index (χ0) is 24.2. The second kappa shape index (κ2) is 9.81. The van der Waals surface area contributed by atoms with Gasteiger partial charge in [-0.2, -0.15) is 15.9 Å². The van der Waals surface area contributed by atoms with Crippen molar-refractivity contribution >= 4 is 36.4 Å². The molecule has 0 radical (unpaired) electrons. The van der Waals surface area contributed by atoms with Crippen molar-refractivity contribution in [1.82, 2.24) is 9.97 Å². The molecule has 2 N–H and O–H groups in total. The molecular weight excluding hydrogens is 458 g/mol. The van der Waals surface area contributed by atoms with E-state index in [4.69, 9.17) is 16.3 Å². The average molecular weight is 483 g/mol. The third kappa shape index (κ3) is 6.03. The summed E-state index contributed by atoms with van der Waals surface area (Å²) in [5.41, 5.74) is 5.99. The van der Waals surface area contributed by atoms with Crippen molar-refractivity contribution in [1.29, 1.82) is 5.26 Å². The van der Waals surface area contributed by atoms with E-state index >= 15 is 0 Å². The first-order valence-electron chi connectivity index (χ1n) is 10.1. The van der Waals surface area contributed by atoms with Crippen LogP contribution in [-0.2, 0) is 12.0 Å². The van der Waals surface area contributed by atoms with E-state index in [0.29, 0.717) is 27.6 Å². The second-order valence-corrected chi connectivity index (χ2v) is 9.26. The molecule has 0 bridgehead atoms. The molecule has 1 aromatic heterocycles. The molecule has 1 unspecified atom stereocenters. The lowest BCUT2D eigenvalue weighted by Crippen LogP contribution is -2.36. The van der Waals surface area contributed by atoms with E-state index in [1.807, 2.05) is 36.4 Å². The van der Waals surface area contributed by atoms with Gasteiger partial charge in [0.1, 0.15) is 32.2 Å². The number of nitrogens with one attached hydrogen (secondary N) is 1. The molecule has 0 amide bonds. The summed E-state index contributed by atoms with van der Waals surface area (Å²) in [5.74, 6) is 0.906. The maximum absolute atomic E-state index is 9.67. The number of benzene rings is 2. The van der Waals surface area contributed by atoms with E-state index in [-0.39, 0.29) is 18.0 Å². The van der Waals surface area contributed by atoms with Gasteiger partial charge < -0.3 is 4.74 Å². The summed E-state index contributed by atoms with van der Waals surface area (Å²) in [6.45, 7) is 8.13. The predicted octanol–water partition coefficient (Wildman–Crippen LogP) is 5.56. The smallest absolute Gasteiger partial charge is 0.273 e. The van der Waals surface area contributed by atoms with Crippen LogP contribution in [0.4, 0.5) is 5.95 Å². The van der Waals surface area contributed by atoms with Crippen molar-refractivity contribution in [2.45, 2.75) is 25.9 Å². The minimum atomic E-state index is -0.793. The van der Waals surface area contributed by atoms with E-state index in [1.165, 1.54) is 7.05 Å². The molecule has 0 saturated heterocycles. The Hall–Kier alpha value is -3.09. The zero-order valence-electron chi connectivity index (χ0n) is 18.6. The molecule has 9 heteroatoms. The molecule has 0 aliphatic carbocycles. The molecule has 0 fully saturated rings. The van der Waals surface area contributed by atoms with Gasteiger partial charge in [-0.3, -0.25) is 0 Å². The molecular formula is C24H25ClN5O2S+. The third-order valence-corrected chi connectivity index (χ3v) is 5.58. The first kappa shape index (κ1) is 24.6. The molecule has 170 valence electrons. The minimum absolute atomic E-state index is 0.228. The van der Waals surface area contributed by atoms with Gasteiger partial charge in [-0.05, 0) is 45.6 Å². The molecule has 3 aromatic rings. The monoisotopic (exact) mass is 482 g/mol. The number of nitrogens with zero attached hydrogens (tertiary/aromatic N) is 4. The van der Waals surface area contributed by atoms with Gasteiger partial charge in [-0.25, -0.2) is 9.97 Å². The summed E-state index contributed by atoms with van der Waals surface area (Å²) < 4.78 is 5.06. The number of anilines is 1. The van der Waals surface area contributed by atoms with Crippen molar-refractivity contribution < 1.29 is 14.1 Å². The number of hydrogen-bond acceptors (Lipinski definition) is 7. The topological polar surface area (TPSA) is 91.1 Å². The van der Waals surface area contributed by atoms with Crippen LogP contribution in [0.2, 0.25) is 5.02 Å². The maximum Gasteiger partial charge on any atom is 0.273 e. The van der Waals surface area contributed by atoms with E-state index < -0.39 is 4.16 Å². The summed E-state index contributed by atoms with van der Waals surface area (Å²) in [6.07, 6.45) is 3.17. The molecule has 1 atom stereocenters. The van der Waals surface area contributed by atoms with Crippen LogP contribution in [0.15, 0.2) is 55.2 Å². The highest BCUT2D eigenvalue weighted by molar-refractivity contribution is 7.74. The van der Waals surface area contributed by atoms with Crippen LogP contribution in [0, 0.1) is 11.3 Å². The van der Waals surface area contributed by atoms with E-state index in [2.05, 4.69) is 54.7 Å². The van der Waals surface area contributed by atoms with Crippen LogP contribution in [0.5, 0.6) is 5.75 Å². The van der Waals surface area contributed by atoms with E-state index in [1.54, 1.807) is 18.3 Å². The Bertz CT molecular complexity index is 1200. The van der Waals surface area contributed by atoms with Crippen LogP contribution in [0.25, 0.3) is 6.08 Å². The fourth-order valence-electron chi connectivity index (χ4n) is 3.29. The summed E-state index contributed by atoms with van der Waals surface area (Å²) >= 11 is 10.3. The normalized spacial score (nSPS) is 13.0. The molecule has 2 aromatic carbocycles. The van der Waals surface area contributed by atoms with Gasteiger partial charge in [-0.15, -0.1) is 0 Å². The molecule has 0 saturated carbocycles. The number of rotatable bonds is 8. The first-order chi connectivity index (χ1) is 15.5. The maximum atomic E-state index is 9.67. The Balaban J connectivity index is 1.75. The molecule has 1 heterocycles. The van der Waals surface area contributed by atoms with Crippen molar-refractivity contribution in [3.05, 3.63) is 88.2 Å². The Morgan fingerprint density at radius 3 is 2.58 bits per heavy atom. The Labute approximate surface area is 204 Å². The van der Waals surface area contributed by atoms with Crippen LogP contribution in [0.1, 0.15) is 41.8 Å². The molecule has 7 nitrogen and oxygen atoms in total. The molecule has 0 spiro atoms. The molecule has 0 aliphatic rings. The lowest BCUT2D eigenvalue weighted by Gasteiger charge is -2.27. The Morgan fingerprint density at radius 1 is 1.27 bits per heavy atom. The minimum Gasteiger partial charge on any atom is -0.487 e. The SMILES string of the molecule is C=Cc1c(Cl)cc(C(C)(C)c2ccc(OCc3ccnc(N[N+](C)(O)S)n3)cc2)cc1C#N.